The van der Waals surface area contributed by atoms with Crippen molar-refractivity contribution in [2.45, 2.75) is 26.2 Å². The molecule has 96 valence electrons. The Balaban J connectivity index is 0. The van der Waals surface area contributed by atoms with Crippen LogP contribution < -0.4 is 0 Å². The Morgan fingerprint density at radius 2 is 1.69 bits per heavy atom. The van der Waals surface area contributed by atoms with Crippen LogP contribution in [0.25, 0.3) is 0 Å². The highest BCUT2D eigenvalue weighted by Gasteiger charge is 2.24. The average Bonchev–Trinajstić information content (AvgIpc) is 2.31. The topological polar surface area (TPSA) is 60.7 Å². The van der Waals surface area contributed by atoms with Gasteiger partial charge in [0.2, 0.25) is 0 Å². The molecule has 0 aromatic carbocycles. The van der Waals surface area contributed by atoms with Crippen molar-refractivity contribution >= 4 is 46.6 Å². The van der Waals surface area contributed by atoms with E-state index in [-0.39, 0.29) is 19.8 Å². The van der Waals surface area contributed by atoms with Gasteiger partial charge in [0, 0.05) is 9.61 Å². The highest BCUT2D eigenvalue weighted by Crippen LogP contribution is 2.18. The van der Waals surface area contributed by atoms with Crippen LogP contribution in [-0.4, -0.2) is 44.7 Å². The molecule has 0 saturated carbocycles. The van der Waals surface area contributed by atoms with E-state index in [1.165, 1.54) is 0 Å². The minimum Gasteiger partial charge on any atom is -0.396 e. The van der Waals surface area contributed by atoms with Gasteiger partial charge in [-0.2, -0.15) is 0 Å². The molecule has 0 aliphatic rings. The largest absolute Gasteiger partial charge is 0.396 e. The van der Waals surface area contributed by atoms with Crippen LogP contribution in [0.4, 0.5) is 0 Å². The maximum Gasteiger partial charge on any atom is 0.0531 e. The predicted molar refractivity (Wildman–Crippen MR) is 78.5 cm³/mol. The summed E-state index contributed by atoms with van der Waals surface area (Å²) >= 11 is 13.1. The molecule has 16 heavy (non-hydrogen) atoms. The van der Waals surface area contributed by atoms with Crippen molar-refractivity contribution in [2.75, 3.05) is 19.8 Å². The number of hydrogen-bond acceptors (Lipinski definition) is 5. The maximum absolute atomic E-state index is 8.66. The van der Waals surface area contributed by atoms with Gasteiger partial charge in [0.1, 0.15) is 0 Å². The molecule has 0 unspecified atom stereocenters. The Labute approximate surface area is 113 Å². The Morgan fingerprint density at radius 3 is 1.75 bits per heavy atom. The van der Waals surface area contributed by atoms with Crippen LogP contribution in [0, 0.1) is 5.41 Å². The van der Waals surface area contributed by atoms with Gasteiger partial charge in [-0.1, -0.05) is 31.4 Å². The van der Waals surface area contributed by atoms with E-state index in [1.807, 2.05) is 6.92 Å². The molecule has 0 aliphatic carbocycles. The third kappa shape index (κ3) is 9.62. The van der Waals surface area contributed by atoms with Crippen molar-refractivity contribution in [3.63, 3.8) is 0 Å². The summed E-state index contributed by atoms with van der Waals surface area (Å²) in [5.74, 6) is 0. The summed E-state index contributed by atoms with van der Waals surface area (Å²) < 4.78 is 0.737. The van der Waals surface area contributed by atoms with E-state index in [0.717, 1.165) is 17.0 Å². The van der Waals surface area contributed by atoms with E-state index >= 15 is 0 Å². The molecule has 0 radical (unpaired) electrons. The lowest BCUT2D eigenvalue weighted by atomic mass is 9.88. The van der Waals surface area contributed by atoms with Crippen molar-refractivity contribution in [2.24, 2.45) is 5.41 Å². The van der Waals surface area contributed by atoms with Crippen LogP contribution in [-0.2, 0) is 0 Å². The van der Waals surface area contributed by atoms with E-state index in [1.54, 1.807) is 5.37 Å². The first-order valence-corrected chi connectivity index (χ1v) is 6.32. The van der Waals surface area contributed by atoms with Crippen LogP contribution in [0.3, 0.4) is 0 Å². The number of rotatable bonds is 7. The zero-order chi connectivity index (χ0) is 13.0. The molecule has 0 bridgehead atoms. The fourth-order valence-corrected chi connectivity index (χ4v) is 1.03. The van der Waals surface area contributed by atoms with Gasteiger partial charge in [0.25, 0.3) is 0 Å². The average molecular weight is 284 g/mol. The first-order chi connectivity index (χ1) is 7.51. The zero-order valence-electron chi connectivity index (χ0n) is 9.43. The lowest BCUT2D eigenvalue weighted by Crippen LogP contribution is -2.32. The molecular weight excluding hydrogens is 264 g/mol. The number of thiocarbonyl (C=S) groups is 2. The number of hydrogen-bond donors (Lipinski definition) is 4. The van der Waals surface area contributed by atoms with Gasteiger partial charge in [0.15, 0.2) is 0 Å². The van der Waals surface area contributed by atoms with E-state index < -0.39 is 5.41 Å². The third-order valence-electron chi connectivity index (χ3n) is 2.23. The lowest BCUT2D eigenvalue weighted by Gasteiger charge is -2.24. The first kappa shape index (κ1) is 18.8. The van der Waals surface area contributed by atoms with Crippen LogP contribution >= 0.6 is 37.1 Å². The number of aliphatic hydroxyl groups excluding tert-OH is 3. The van der Waals surface area contributed by atoms with E-state index in [2.05, 4.69) is 37.1 Å². The summed E-state index contributed by atoms with van der Waals surface area (Å²) in [5, 5.41) is 27.6. The highest BCUT2D eigenvalue weighted by atomic mass is 32.1. The molecule has 0 rings (SSSR count). The van der Waals surface area contributed by atoms with Crippen LogP contribution in [0.2, 0.25) is 0 Å². The van der Waals surface area contributed by atoms with Crippen LogP contribution in [0.5, 0.6) is 0 Å². The minimum atomic E-state index is -0.667. The summed E-state index contributed by atoms with van der Waals surface area (Å²) in [6, 6.07) is 0. The van der Waals surface area contributed by atoms with Crippen molar-refractivity contribution in [1.82, 2.24) is 0 Å². The standard InChI is InChI=1S/C6H14O3.C4H6S3/c1-2-6(3-7,4-8)5-9;5-3-1-2-4(6)7/h7-9H,2-5H2,1H3;3H,1-2H2,(H,6,7). The molecule has 0 heterocycles. The minimum absolute atomic E-state index is 0.156. The van der Waals surface area contributed by atoms with Gasteiger partial charge in [-0.25, -0.2) is 0 Å². The summed E-state index contributed by atoms with van der Waals surface area (Å²) in [7, 11) is 0. The monoisotopic (exact) mass is 284 g/mol. The van der Waals surface area contributed by atoms with E-state index in [4.69, 9.17) is 15.3 Å². The van der Waals surface area contributed by atoms with Crippen LogP contribution in [0.15, 0.2) is 0 Å². The van der Waals surface area contributed by atoms with Crippen LogP contribution in [0.1, 0.15) is 26.2 Å². The molecule has 0 spiro atoms. The number of aliphatic hydroxyl groups is 3. The van der Waals surface area contributed by atoms with E-state index in [9.17, 15) is 0 Å². The van der Waals surface area contributed by atoms with Gasteiger partial charge in [0.05, 0.1) is 19.8 Å². The fraction of sp³-hybridized carbons (Fsp3) is 0.800. The normalized spacial score (nSPS) is 10.3. The Hall–Kier alpha value is 0.410. The second-order valence-electron chi connectivity index (χ2n) is 3.43. The molecule has 0 amide bonds. The third-order valence-corrected chi connectivity index (χ3v) is 2.90. The van der Waals surface area contributed by atoms with Gasteiger partial charge >= 0.3 is 0 Å². The van der Waals surface area contributed by atoms with Gasteiger partial charge < -0.3 is 15.3 Å². The molecule has 0 aromatic rings. The summed E-state index contributed by atoms with van der Waals surface area (Å²) in [6.07, 6.45) is 2.30. The van der Waals surface area contributed by atoms with Gasteiger partial charge in [-0.15, -0.1) is 12.6 Å². The van der Waals surface area contributed by atoms with Crippen molar-refractivity contribution in [3.8, 4) is 0 Å². The molecule has 0 saturated heterocycles. The fourth-order valence-electron chi connectivity index (χ4n) is 0.668. The molecule has 0 aliphatic heterocycles. The van der Waals surface area contributed by atoms with Gasteiger partial charge in [-0.3, -0.25) is 0 Å². The van der Waals surface area contributed by atoms with Gasteiger partial charge in [-0.05, 0) is 24.6 Å². The molecular formula is C10H20O3S3. The Kier molecular flexibility index (Phi) is 13.9. The van der Waals surface area contributed by atoms with Crippen molar-refractivity contribution in [3.05, 3.63) is 0 Å². The highest BCUT2D eigenvalue weighted by molar-refractivity contribution is 8.11. The molecule has 3 nitrogen and oxygen atoms in total. The second kappa shape index (κ2) is 11.9. The number of thiol groups is 1. The maximum atomic E-state index is 8.66. The molecule has 0 fully saturated rings. The summed E-state index contributed by atoms with van der Waals surface area (Å²) in [4.78, 5) is 0. The molecule has 0 aromatic heterocycles. The second-order valence-corrected chi connectivity index (χ2v) is 5.10. The summed E-state index contributed by atoms with van der Waals surface area (Å²) in [5.41, 5.74) is -0.667. The van der Waals surface area contributed by atoms with Crippen molar-refractivity contribution < 1.29 is 15.3 Å². The van der Waals surface area contributed by atoms with Crippen molar-refractivity contribution in [1.29, 1.82) is 0 Å². The molecule has 0 atom stereocenters. The Bertz CT molecular complexity index is 176. The first-order valence-electron chi connectivity index (χ1n) is 5.00. The zero-order valence-corrected chi connectivity index (χ0v) is 12.0. The van der Waals surface area contributed by atoms with E-state index in [0.29, 0.717) is 6.42 Å². The Morgan fingerprint density at radius 1 is 1.25 bits per heavy atom. The quantitative estimate of drug-likeness (QED) is 0.420. The lowest BCUT2D eigenvalue weighted by molar-refractivity contribution is 0.00304. The predicted octanol–water partition coefficient (Wildman–Crippen LogP) is 1.38. The summed E-state index contributed by atoms with van der Waals surface area (Å²) in [6.45, 7) is 1.35. The SMILES string of the molecule is CCC(CO)(CO)CO.S=CCCC(=S)S. The smallest absolute Gasteiger partial charge is 0.0531 e. The molecule has 6 heteroatoms. The molecule has 3 N–H and O–H groups in total.